The molecule has 1 aliphatic heterocycles. The van der Waals surface area contributed by atoms with E-state index in [4.69, 9.17) is 9.26 Å². The second-order valence-corrected chi connectivity index (χ2v) is 6.37. The van der Waals surface area contributed by atoms with Crippen molar-refractivity contribution in [1.82, 2.24) is 24.8 Å². The highest BCUT2D eigenvalue weighted by molar-refractivity contribution is 7.13. The minimum absolute atomic E-state index is 0.118. The van der Waals surface area contributed by atoms with Gasteiger partial charge in [0.05, 0.1) is 29.9 Å². The Kier molecular flexibility index (Phi) is 3.87. The van der Waals surface area contributed by atoms with E-state index in [1.165, 1.54) is 11.3 Å². The van der Waals surface area contributed by atoms with Crippen molar-refractivity contribution in [2.45, 2.75) is 6.04 Å². The fraction of sp³-hybridized carbons (Fsp3) is 0.333. The molecule has 0 bridgehead atoms. The number of carbonyl (C=O) groups excluding carboxylic acids is 1. The van der Waals surface area contributed by atoms with Gasteiger partial charge < -0.3 is 14.2 Å². The zero-order valence-electron chi connectivity index (χ0n) is 13.0. The molecule has 4 heterocycles. The van der Waals surface area contributed by atoms with Crippen LogP contribution in [0.2, 0.25) is 0 Å². The highest BCUT2D eigenvalue weighted by Crippen LogP contribution is 2.28. The molecule has 4 rings (SSSR count). The molecule has 24 heavy (non-hydrogen) atoms. The second-order valence-electron chi connectivity index (χ2n) is 5.43. The van der Waals surface area contributed by atoms with E-state index in [0.29, 0.717) is 37.0 Å². The van der Waals surface area contributed by atoms with Gasteiger partial charge in [0.1, 0.15) is 6.04 Å². The lowest BCUT2D eigenvalue weighted by molar-refractivity contribution is -0.0119. The van der Waals surface area contributed by atoms with Gasteiger partial charge in [0.25, 0.3) is 11.8 Å². The molecule has 8 nitrogen and oxygen atoms in total. The van der Waals surface area contributed by atoms with Crippen LogP contribution < -0.4 is 0 Å². The number of morpholine rings is 1. The summed E-state index contributed by atoms with van der Waals surface area (Å²) in [5.41, 5.74) is 0.530. The molecule has 0 N–H and O–H groups in total. The zero-order valence-corrected chi connectivity index (χ0v) is 13.8. The Hall–Kier alpha value is -2.52. The number of ether oxygens (including phenoxy) is 1. The number of hydrogen-bond donors (Lipinski definition) is 0. The Morgan fingerprint density at radius 3 is 3.12 bits per heavy atom. The normalized spacial score (nSPS) is 18.0. The Morgan fingerprint density at radius 1 is 1.46 bits per heavy atom. The lowest BCUT2D eigenvalue weighted by Crippen LogP contribution is -2.43. The average Bonchev–Trinajstić information content (AvgIpc) is 3.35. The van der Waals surface area contributed by atoms with Gasteiger partial charge in [0.15, 0.2) is 0 Å². The molecule has 1 atom stereocenters. The molecular formula is C15H15N5O3S. The van der Waals surface area contributed by atoms with Crippen molar-refractivity contribution in [2.24, 2.45) is 7.05 Å². The van der Waals surface area contributed by atoms with E-state index in [-0.39, 0.29) is 5.91 Å². The fourth-order valence-electron chi connectivity index (χ4n) is 2.63. The molecule has 1 aliphatic rings. The number of thiophene rings is 1. The maximum atomic E-state index is 12.8. The minimum atomic E-state index is -0.396. The molecule has 0 aromatic carbocycles. The summed E-state index contributed by atoms with van der Waals surface area (Å²) >= 11 is 1.53. The first kappa shape index (κ1) is 15.0. The third-order valence-corrected chi connectivity index (χ3v) is 4.68. The highest BCUT2D eigenvalue weighted by Gasteiger charge is 2.34. The topological polar surface area (TPSA) is 86.3 Å². The van der Waals surface area contributed by atoms with Crippen molar-refractivity contribution in [3.63, 3.8) is 0 Å². The van der Waals surface area contributed by atoms with E-state index in [0.717, 1.165) is 4.88 Å². The number of rotatable bonds is 3. The third-order valence-electron chi connectivity index (χ3n) is 3.81. The van der Waals surface area contributed by atoms with Gasteiger partial charge in [-0.3, -0.25) is 9.48 Å². The van der Waals surface area contributed by atoms with Crippen molar-refractivity contribution in [3.8, 4) is 10.7 Å². The molecule has 3 aromatic heterocycles. The number of aryl methyl sites for hydroxylation is 1. The van der Waals surface area contributed by atoms with Crippen molar-refractivity contribution >= 4 is 17.2 Å². The monoisotopic (exact) mass is 345 g/mol. The van der Waals surface area contributed by atoms with Crippen LogP contribution in [0, 0.1) is 0 Å². The van der Waals surface area contributed by atoms with Gasteiger partial charge in [-0.05, 0) is 11.4 Å². The van der Waals surface area contributed by atoms with Gasteiger partial charge in [-0.2, -0.15) is 10.1 Å². The van der Waals surface area contributed by atoms with Crippen LogP contribution >= 0.6 is 11.3 Å². The van der Waals surface area contributed by atoms with Crippen LogP contribution in [0.25, 0.3) is 10.7 Å². The van der Waals surface area contributed by atoms with Gasteiger partial charge in [0.2, 0.25) is 5.82 Å². The predicted molar refractivity (Wildman–Crippen MR) is 85.4 cm³/mol. The van der Waals surface area contributed by atoms with Crippen molar-refractivity contribution in [3.05, 3.63) is 41.4 Å². The van der Waals surface area contributed by atoms with E-state index in [9.17, 15) is 4.79 Å². The Balaban J connectivity index is 1.61. The third kappa shape index (κ3) is 2.72. The van der Waals surface area contributed by atoms with E-state index in [1.54, 1.807) is 29.0 Å². The summed E-state index contributed by atoms with van der Waals surface area (Å²) in [5, 5.41) is 10.0. The molecule has 0 saturated carbocycles. The van der Waals surface area contributed by atoms with Gasteiger partial charge in [-0.25, -0.2) is 0 Å². The molecule has 1 amide bonds. The van der Waals surface area contributed by atoms with Gasteiger partial charge in [-0.15, -0.1) is 11.3 Å². The van der Waals surface area contributed by atoms with Crippen LogP contribution in [0.1, 0.15) is 22.3 Å². The van der Waals surface area contributed by atoms with E-state index in [2.05, 4.69) is 15.2 Å². The number of nitrogens with zero attached hydrogens (tertiary/aromatic N) is 5. The quantitative estimate of drug-likeness (QED) is 0.719. The molecule has 1 fully saturated rings. The van der Waals surface area contributed by atoms with Gasteiger partial charge >= 0.3 is 0 Å². The maximum Gasteiger partial charge on any atom is 0.257 e. The summed E-state index contributed by atoms with van der Waals surface area (Å²) < 4.78 is 12.5. The average molecular weight is 345 g/mol. The summed E-state index contributed by atoms with van der Waals surface area (Å²) in [7, 11) is 1.78. The van der Waals surface area contributed by atoms with Crippen LogP contribution in [-0.2, 0) is 11.8 Å². The lowest BCUT2D eigenvalue weighted by atomic mass is 10.2. The molecule has 1 saturated heterocycles. The Morgan fingerprint density at radius 2 is 2.38 bits per heavy atom. The van der Waals surface area contributed by atoms with Crippen LogP contribution in [0.5, 0.6) is 0 Å². The largest absolute Gasteiger partial charge is 0.377 e. The standard InChI is InChI=1S/C15H15N5O3S/c1-19-8-10(7-16-19)15(21)20-4-5-22-9-11(20)14-17-13(18-23-14)12-3-2-6-24-12/h2-3,6-8,11H,4-5,9H2,1H3. The molecular weight excluding hydrogens is 330 g/mol. The Labute approximate surface area is 141 Å². The van der Waals surface area contributed by atoms with E-state index in [1.807, 2.05) is 17.5 Å². The second kappa shape index (κ2) is 6.17. The predicted octanol–water partition coefficient (Wildman–Crippen LogP) is 1.75. The van der Waals surface area contributed by atoms with Crippen molar-refractivity contribution in [2.75, 3.05) is 19.8 Å². The number of aromatic nitrogens is 4. The molecule has 1 unspecified atom stereocenters. The first-order chi connectivity index (χ1) is 11.7. The van der Waals surface area contributed by atoms with Crippen molar-refractivity contribution in [1.29, 1.82) is 0 Å². The molecule has 0 radical (unpaired) electrons. The van der Waals surface area contributed by atoms with Crippen molar-refractivity contribution < 1.29 is 14.1 Å². The molecule has 9 heteroatoms. The summed E-state index contributed by atoms with van der Waals surface area (Å²) in [6, 6.07) is 3.46. The minimum Gasteiger partial charge on any atom is -0.377 e. The number of hydrogen-bond acceptors (Lipinski definition) is 7. The van der Waals surface area contributed by atoms with Crippen LogP contribution in [0.15, 0.2) is 34.4 Å². The summed E-state index contributed by atoms with van der Waals surface area (Å²) in [6.07, 6.45) is 3.25. The molecule has 3 aromatic rings. The first-order valence-electron chi connectivity index (χ1n) is 7.47. The highest BCUT2D eigenvalue weighted by atomic mass is 32.1. The van der Waals surface area contributed by atoms with Gasteiger partial charge in [0, 0.05) is 19.8 Å². The SMILES string of the molecule is Cn1cc(C(=O)N2CCOCC2c2nc(-c3cccs3)no2)cn1. The number of amides is 1. The van der Waals surface area contributed by atoms with Crippen LogP contribution in [0.3, 0.4) is 0 Å². The molecule has 0 aliphatic carbocycles. The van der Waals surface area contributed by atoms with E-state index < -0.39 is 6.04 Å². The summed E-state index contributed by atoms with van der Waals surface area (Å²) in [6.45, 7) is 1.28. The summed E-state index contributed by atoms with van der Waals surface area (Å²) in [4.78, 5) is 19.8. The zero-order chi connectivity index (χ0) is 16.5. The number of carbonyl (C=O) groups is 1. The van der Waals surface area contributed by atoms with E-state index >= 15 is 0 Å². The molecule has 124 valence electrons. The smallest absolute Gasteiger partial charge is 0.257 e. The van der Waals surface area contributed by atoms with Gasteiger partial charge in [-0.1, -0.05) is 11.2 Å². The lowest BCUT2D eigenvalue weighted by Gasteiger charge is -2.32. The van der Waals surface area contributed by atoms with Crippen LogP contribution in [-0.4, -0.2) is 50.5 Å². The first-order valence-corrected chi connectivity index (χ1v) is 8.35. The maximum absolute atomic E-state index is 12.8. The summed E-state index contributed by atoms with van der Waals surface area (Å²) in [5.74, 6) is 0.793. The Bertz CT molecular complexity index is 841. The molecule has 0 spiro atoms. The van der Waals surface area contributed by atoms with Crippen LogP contribution in [0.4, 0.5) is 0 Å². The fourth-order valence-corrected chi connectivity index (χ4v) is 3.27.